The van der Waals surface area contributed by atoms with E-state index in [1.807, 2.05) is 0 Å². The molecule has 1 amide bonds. The van der Waals surface area contributed by atoms with Crippen molar-refractivity contribution < 1.29 is 22.7 Å². The van der Waals surface area contributed by atoms with E-state index in [0.29, 0.717) is 10.3 Å². The van der Waals surface area contributed by atoms with Gasteiger partial charge in [0.05, 0.1) is 10.6 Å². The minimum absolute atomic E-state index is 0.00370. The lowest BCUT2D eigenvalue weighted by Crippen LogP contribution is -2.32. The molecule has 1 aromatic carbocycles. The highest BCUT2D eigenvalue weighted by atomic mass is 79.9. The number of rotatable bonds is 7. The smallest absolute Gasteiger partial charge is 0.321 e. The van der Waals surface area contributed by atoms with Gasteiger partial charge in [-0.15, -0.1) is 0 Å². The van der Waals surface area contributed by atoms with E-state index in [2.05, 4.69) is 31.1 Å². The molecule has 0 fully saturated rings. The summed E-state index contributed by atoms with van der Waals surface area (Å²) in [5, 5.41) is 6.60. The average molecular weight is 445 g/mol. The molecule has 2 rings (SSSR count). The van der Waals surface area contributed by atoms with Crippen LogP contribution in [0.25, 0.3) is 0 Å². The predicted molar refractivity (Wildman–Crippen MR) is 96.9 cm³/mol. The number of hydrogen-bond donors (Lipinski definition) is 2. The molecule has 0 bridgehead atoms. The van der Waals surface area contributed by atoms with E-state index in [9.17, 15) is 18.0 Å². The van der Waals surface area contributed by atoms with Crippen LogP contribution < -0.4 is 10.0 Å². The van der Waals surface area contributed by atoms with Crippen molar-refractivity contribution in [3.8, 4) is 0 Å². The van der Waals surface area contributed by atoms with E-state index in [0.717, 1.165) is 5.69 Å². The van der Waals surface area contributed by atoms with Crippen molar-refractivity contribution >= 4 is 43.6 Å². The molecule has 140 valence electrons. The fraction of sp³-hybridized carbons (Fsp3) is 0.267. The second-order valence-electron chi connectivity index (χ2n) is 5.29. The predicted octanol–water partition coefficient (Wildman–Crippen LogP) is 0.951. The molecular weight excluding hydrogens is 428 g/mol. The quantitative estimate of drug-likeness (QED) is 0.613. The van der Waals surface area contributed by atoms with Gasteiger partial charge in [-0.25, -0.2) is 8.42 Å². The van der Waals surface area contributed by atoms with Crippen LogP contribution in [-0.2, 0) is 31.4 Å². The molecule has 2 N–H and O–H groups in total. The molecule has 0 unspecified atom stereocenters. The largest absolute Gasteiger partial charge is 0.455 e. The summed E-state index contributed by atoms with van der Waals surface area (Å²) in [4.78, 5) is 23.4. The van der Waals surface area contributed by atoms with Crippen molar-refractivity contribution in [2.75, 3.05) is 18.5 Å². The molecule has 0 aliphatic carbocycles. The maximum atomic E-state index is 12.1. The van der Waals surface area contributed by atoms with Gasteiger partial charge in [0.15, 0.2) is 6.61 Å². The number of halogens is 1. The summed E-state index contributed by atoms with van der Waals surface area (Å²) in [5.74, 6) is -0.977. The number of amides is 1. The first kappa shape index (κ1) is 20.1. The third kappa shape index (κ3) is 5.64. The van der Waals surface area contributed by atoms with Crippen molar-refractivity contribution in [1.82, 2.24) is 14.5 Å². The molecule has 1 aromatic heterocycles. The Kier molecular flexibility index (Phi) is 6.51. The number of sulfonamides is 1. The van der Waals surface area contributed by atoms with Crippen LogP contribution in [0.5, 0.6) is 0 Å². The molecule has 0 spiro atoms. The van der Waals surface area contributed by atoms with Gasteiger partial charge in [0.2, 0.25) is 10.0 Å². The summed E-state index contributed by atoms with van der Waals surface area (Å²) in [7, 11) is -2.20. The number of aryl methyl sites for hydroxylation is 2. The molecule has 26 heavy (non-hydrogen) atoms. The molecule has 0 atom stereocenters. The first-order valence-corrected chi connectivity index (χ1v) is 9.66. The number of anilines is 1. The lowest BCUT2D eigenvalue weighted by molar-refractivity contribution is -0.146. The van der Waals surface area contributed by atoms with Crippen LogP contribution in [0.2, 0.25) is 0 Å². The van der Waals surface area contributed by atoms with Crippen molar-refractivity contribution in [2.24, 2.45) is 7.05 Å². The van der Waals surface area contributed by atoms with Crippen LogP contribution in [0.3, 0.4) is 0 Å². The number of nitrogens with zero attached hydrogens (tertiary/aromatic N) is 2. The summed E-state index contributed by atoms with van der Waals surface area (Å²) in [6, 6.07) is 7.68. The van der Waals surface area contributed by atoms with Gasteiger partial charge in [-0.3, -0.25) is 14.3 Å². The van der Waals surface area contributed by atoms with Gasteiger partial charge >= 0.3 is 5.97 Å². The number of esters is 1. The van der Waals surface area contributed by atoms with Crippen molar-refractivity contribution in [3.63, 3.8) is 0 Å². The molecule has 0 aliphatic heterocycles. The SMILES string of the molecule is Cc1cc(NC(=O)COC(=O)CNS(=O)(=O)c2cccc(Br)c2)n(C)n1. The number of carbonyl (C=O) groups is 2. The van der Waals surface area contributed by atoms with E-state index >= 15 is 0 Å². The van der Waals surface area contributed by atoms with Crippen LogP contribution in [0, 0.1) is 6.92 Å². The minimum atomic E-state index is -3.86. The van der Waals surface area contributed by atoms with Crippen LogP contribution in [0.4, 0.5) is 5.82 Å². The Hall–Kier alpha value is -2.24. The monoisotopic (exact) mass is 444 g/mol. The van der Waals surface area contributed by atoms with Crippen molar-refractivity contribution in [3.05, 3.63) is 40.5 Å². The standard InChI is InChI=1S/C15H17BrN4O5S/c1-10-6-13(20(2)19-10)18-14(21)9-25-15(22)8-17-26(23,24)12-5-3-4-11(16)7-12/h3-7,17H,8-9H2,1-2H3,(H,18,21). The summed E-state index contributed by atoms with van der Waals surface area (Å²) in [5.41, 5.74) is 0.724. The zero-order valence-electron chi connectivity index (χ0n) is 14.0. The van der Waals surface area contributed by atoms with Gasteiger partial charge in [0.25, 0.3) is 5.91 Å². The lowest BCUT2D eigenvalue weighted by atomic mass is 10.4. The van der Waals surface area contributed by atoms with Gasteiger partial charge in [0.1, 0.15) is 12.4 Å². The van der Waals surface area contributed by atoms with Gasteiger partial charge in [-0.2, -0.15) is 9.82 Å². The van der Waals surface area contributed by atoms with Gasteiger partial charge in [-0.1, -0.05) is 22.0 Å². The maximum Gasteiger partial charge on any atom is 0.321 e. The second-order valence-corrected chi connectivity index (χ2v) is 7.97. The highest BCUT2D eigenvalue weighted by Gasteiger charge is 2.17. The first-order valence-electron chi connectivity index (χ1n) is 7.39. The normalized spacial score (nSPS) is 11.2. The van der Waals surface area contributed by atoms with E-state index in [1.54, 1.807) is 32.2 Å². The van der Waals surface area contributed by atoms with Crippen LogP contribution in [0.1, 0.15) is 5.69 Å². The maximum absolute atomic E-state index is 12.1. The molecule has 9 nitrogen and oxygen atoms in total. The van der Waals surface area contributed by atoms with E-state index < -0.39 is 35.1 Å². The number of aromatic nitrogens is 2. The Balaban J connectivity index is 1.81. The molecular formula is C15H17BrN4O5S. The first-order chi connectivity index (χ1) is 12.2. The molecule has 0 radical (unpaired) electrons. The molecule has 1 heterocycles. The Labute approximate surface area is 158 Å². The number of nitrogens with one attached hydrogen (secondary N) is 2. The van der Waals surface area contributed by atoms with Crippen molar-refractivity contribution in [1.29, 1.82) is 0 Å². The minimum Gasteiger partial charge on any atom is -0.455 e. The molecule has 0 saturated heterocycles. The van der Waals surface area contributed by atoms with Crippen LogP contribution in [-0.4, -0.2) is 43.2 Å². The van der Waals surface area contributed by atoms with Gasteiger partial charge in [0, 0.05) is 17.6 Å². The summed E-state index contributed by atoms with van der Waals surface area (Å²) in [6.45, 7) is 0.641. The Bertz CT molecular complexity index is 926. The van der Waals surface area contributed by atoms with E-state index in [4.69, 9.17) is 4.74 Å². The number of ether oxygens (including phenoxy) is 1. The zero-order valence-corrected chi connectivity index (χ0v) is 16.4. The Morgan fingerprint density at radius 3 is 2.65 bits per heavy atom. The second kappa shape index (κ2) is 8.43. The van der Waals surface area contributed by atoms with E-state index in [-0.39, 0.29) is 4.90 Å². The number of carbonyl (C=O) groups excluding carboxylic acids is 2. The Morgan fingerprint density at radius 2 is 2.04 bits per heavy atom. The highest BCUT2D eigenvalue weighted by Crippen LogP contribution is 2.15. The molecule has 2 aromatic rings. The third-order valence-electron chi connectivity index (χ3n) is 3.15. The van der Waals surface area contributed by atoms with Gasteiger partial charge in [-0.05, 0) is 25.1 Å². The number of benzene rings is 1. The van der Waals surface area contributed by atoms with E-state index in [1.165, 1.54) is 16.8 Å². The molecule has 0 saturated carbocycles. The van der Waals surface area contributed by atoms with Gasteiger partial charge < -0.3 is 10.1 Å². The third-order valence-corrected chi connectivity index (χ3v) is 5.04. The summed E-state index contributed by atoms with van der Waals surface area (Å²) < 4.78 is 33.1. The zero-order chi connectivity index (χ0) is 19.3. The summed E-state index contributed by atoms with van der Waals surface area (Å²) in [6.07, 6.45) is 0. The number of hydrogen-bond acceptors (Lipinski definition) is 6. The molecule has 11 heteroatoms. The fourth-order valence-electron chi connectivity index (χ4n) is 1.98. The Morgan fingerprint density at radius 1 is 1.31 bits per heavy atom. The van der Waals surface area contributed by atoms with Crippen LogP contribution in [0.15, 0.2) is 39.7 Å². The fourth-order valence-corrected chi connectivity index (χ4v) is 3.54. The van der Waals surface area contributed by atoms with Crippen LogP contribution >= 0.6 is 15.9 Å². The average Bonchev–Trinajstić information content (AvgIpc) is 2.88. The highest BCUT2D eigenvalue weighted by molar-refractivity contribution is 9.10. The topological polar surface area (TPSA) is 119 Å². The molecule has 0 aliphatic rings. The van der Waals surface area contributed by atoms with Crippen molar-refractivity contribution in [2.45, 2.75) is 11.8 Å². The lowest BCUT2D eigenvalue weighted by Gasteiger charge is -2.08. The summed E-state index contributed by atoms with van der Waals surface area (Å²) >= 11 is 3.17.